The summed E-state index contributed by atoms with van der Waals surface area (Å²) >= 11 is 0. The van der Waals surface area contributed by atoms with Gasteiger partial charge in [-0.3, -0.25) is 9.79 Å². The van der Waals surface area contributed by atoms with Crippen molar-refractivity contribution in [3.05, 3.63) is 71.8 Å². The maximum Gasteiger partial charge on any atom is 0.331 e. The number of nitrogens with zero attached hydrogens (tertiary/aromatic N) is 1. The fraction of sp³-hybridized carbons (Fsp3) is 0.348. The van der Waals surface area contributed by atoms with Crippen LogP contribution in [0.25, 0.3) is 0 Å². The molecule has 0 aliphatic rings. The molecule has 5 heteroatoms. The van der Waals surface area contributed by atoms with E-state index in [4.69, 9.17) is 14.5 Å². The highest BCUT2D eigenvalue weighted by atomic mass is 16.6. The first-order chi connectivity index (χ1) is 13.3. The molecule has 2 aromatic carbocycles. The van der Waals surface area contributed by atoms with Crippen LogP contribution in [0.5, 0.6) is 0 Å². The van der Waals surface area contributed by atoms with Gasteiger partial charge in [0.2, 0.25) is 0 Å². The van der Waals surface area contributed by atoms with E-state index >= 15 is 0 Å². The average Bonchev–Trinajstić information content (AvgIpc) is 2.67. The van der Waals surface area contributed by atoms with E-state index in [2.05, 4.69) is 0 Å². The molecule has 0 spiro atoms. The maximum absolute atomic E-state index is 12.8. The third-order valence-electron chi connectivity index (χ3n) is 3.91. The van der Waals surface area contributed by atoms with Crippen LogP contribution in [-0.4, -0.2) is 36.4 Å². The minimum absolute atomic E-state index is 0.0841. The zero-order valence-corrected chi connectivity index (χ0v) is 16.8. The lowest BCUT2D eigenvalue weighted by molar-refractivity contribution is -0.156. The van der Waals surface area contributed by atoms with Crippen LogP contribution in [0.2, 0.25) is 0 Å². The molecule has 0 aliphatic heterocycles. The molecule has 2 aromatic rings. The van der Waals surface area contributed by atoms with Crippen molar-refractivity contribution in [2.45, 2.75) is 45.3 Å². The molecule has 0 amide bonds. The Morgan fingerprint density at radius 1 is 0.929 bits per heavy atom. The molecular formula is C23H27NO4. The summed E-state index contributed by atoms with van der Waals surface area (Å²) in [5, 5.41) is 0. The first kappa shape index (κ1) is 21.4. The van der Waals surface area contributed by atoms with Gasteiger partial charge in [0.1, 0.15) is 11.6 Å². The van der Waals surface area contributed by atoms with Gasteiger partial charge in [-0.2, -0.15) is 0 Å². The summed E-state index contributed by atoms with van der Waals surface area (Å²) in [6.45, 7) is 5.42. The SMILES string of the molecule is COC(=O)CCC(N=C(c1ccccc1)c1ccccc1)C(=O)OC(C)(C)C. The van der Waals surface area contributed by atoms with Crippen LogP contribution < -0.4 is 0 Å². The number of hydrogen-bond donors (Lipinski definition) is 0. The Morgan fingerprint density at radius 3 is 1.86 bits per heavy atom. The van der Waals surface area contributed by atoms with Crippen molar-refractivity contribution in [2.75, 3.05) is 7.11 Å². The van der Waals surface area contributed by atoms with Gasteiger partial charge < -0.3 is 9.47 Å². The van der Waals surface area contributed by atoms with E-state index in [0.717, 1.165) is 11.1 Å². The van der Waals surface area contributed by atoms with Crippen molar-refractivity contribution in [1.29, 1.82) is 0 Å². The molecule has 1 atom stereocenters. The normalized spacial score (nSPS) is 12.0. The molecule has 0 heterocycles. The molecule has 0 N–H and O–H groups in total. The first-order valence-corrected chi connectivity index (χ1v) is 9.28. The topological polar surface area (TPSA) is 65.0 Å². The van der Waals surface area contributed by atoms with Crippen molar-refractivity contribution < 1.29 is 19.1 Å². The van der Waals surface area contributed by atoms with Gasteiger partial charge in [-0.25, -0.2) is 4.79 Å². The lowest BCUT2D eigenvalue weighted by atomic mass is 10.0. The monoisotopic (exact) mass is 381 g/mol. The average molecular weight is 381 g/mol. The minimum Gasteiger partial charge on any atom is -0.469 e. The molecule has 2 rings (SSSR count). The van der Waals surface area contributed by atoms with Crippen molar-refractivity contribution in [3.63, 3.8) is 0 Å². The van der Waals surface area contributed by atoms with Crippen LogP contribution in [-0.2, 0) is 19.1 Å². The fourth-order valence-corrected chi connectivity index (χ4v) is 2.63. The molecule has 0 saturated heterocycles. The second-order valence-corrected chi connectivity index (χ2v) is 7.37. The van der Waals surface area contributed by atoms with E-state index in [-0.39, 0.29) is 18.8 Å². The summed E-state index contributed by atoms with van der Waals surface area (Å²) in [4.78, 5) is 29.1. The Bertz CT molecular complexity index is 766. The summed E-state index contributed by atoms with van der Waals surface area (Å²) in [5.74, 6) is -0.842. The number of carbonyl (C=O) groups excluding carboxylic acids is 2. The van der Waals surface area contributed by atoms with E-state index in [1.54, 1.807) is 20.8 Å². The van der Waals surface area contributed by atoms with Gasteiger partial charge in [0, 0.05) is 17.5 Å². The Hall–Kier alpha value is -2.95. The largest absolute Gasteiger partial charge is 0.469 e. The van der Waals surface area contributed by atoms with Crippen molar-refractivity contribution in [3.8, 4) is 0 Å². The predicted molar refractivity (Wildman–Crippen MR) is 109 cm³/mol. The number of benzene rings is 2. The van der Waals surface area contributed by atoms with Gasteiger partial charge in [-0.15, -0.1) is 0 Å². The third kappa shape index (κ3) is 6.65. The molecule has 0 saturated carbocycles. The van der Waals surface area contributed by atoms with E-state index < -0.39 is 17.6 Å². The van der Waals surface area contributed by atoms with Crippen LogP contribution in [0.3, 0.4) is 0 Å². The molecule has 0 radical (unpaired) electrons. The molecule has 0 fully saturated rings. The van der Waals surface area contributed by atoms with E-state index in [0.29, 0.717) is 5.71 Å². The number of rotatable bonds is 7. The second kappa shape index (κ2) is 9.83. The highest BCUT2D eigenvalue weighted by molar-refractivity contribution is 6.13. The summed E-state index contributed by atoms with van der Waals surface area (Å²) in [6.07, 6.45) is 0.297. The second-order valence-electron chi connectivity index (χ2n) is 7.37. The lowest BCUT2D eigenvalue weighted by Gasteiger charge is -2.23. The number of esters is 2. The number of methoxy groups -OCH3 is 1. The quantitative estimate of drug-likeness (QED) is 0.533. The van der Waals surface area contributed by atoms with Crippen LogP contribution >= 0.6 is 0 Å². The molecule has 0 aromatic heterocycles. The summed E-state index contributed by atoms with van der Waals surface area (Å²) < 4.78 is 10.3. The minimum atomic E-state index is -0.811. The highest BCUT2D eigenvalue weighted by Gasteiger charge is 2.26. The van der Waals surface area contributed by atoms with Gasteiger partial charge in [-0.1, -0.05) is 60.7 Å². The Balaban J connectivity index is 2.44. The molecular weight excluding hydrogens is 354 g/mol. The molecule has 1 unspecified atom stereocenters. The smallest absolute Gasteiger partial charge is 0.331 e. The van der Waals surface area contributed by atoms with Gasteiger partial charge in [0.15, 0.2) is 0 Å². The van der Waals surface area contributed by atoms with Crippen LogP contribution in [0.15, 0.2) is 65.7 Å². The first-order valence-electron chi connectivity index (χ1n) is 9.28. The Kier molecular flexibility index (Phi) is 7.50. The van der Waals surface area contributed by atoms with Crippen molar-refractivity contribution in [2.24, 2.45) is 4.99 Å². The van der Waals surface area contributed by atoms with Gasteiger partial charge in [-0.05, 0) is 27.2 Å². The highest BCUT2D eigenvalue weighted by Crippen LogP contribution is 2.17. The fourth-order valence-electron chi connectivity index (χ4n) is 2.63. The summed E-state index contributed by atoms with van der Waals surface area (Å²) in [6, 6.07) is 18.5. The van der Waals surface area contributed by atoms with E-state index in [1.807, 2.05) is 60.7 Å². The predicted octanol–water partition coefficient (Wildman–Crippen LogP) is 4.19. The zero-order chi connectivity index (χ0) is 20.6. The standard InChI is InChI=1S/C23H27NO4/c1-23(2,3)28-22(26)19(15-16-20(25)27-4)24-21(17-11-7-5-8-12-17)18-13-9-6-10-14-18/h5-14,19H,15-16H2,1-4H3. The number of carbonyl (C=O) groups is 2. The van der Waals surface area contributed by atoms with Crippen molar-refractivity contribution >= 4 is 17.7 Å². The Morgan fingerprint density at radius 2 is 1.43 bits per heavy atom. The molecule has 28 heavy (non-hydrogen) atoms. The molecule has 5 nitrogen and oxygen atoms in total. The van der Waals surface area contributed by atoms with Crippen LogP contribution in [0, 0.1) is 0 Å². The van der Waals surface area contributed by atoms with E-state index in [9.17, 15) is 9.59 Å². The van der Waals surface area contributed by atoms with Gasteiger partial charge in [0.05, 0.1) is 12.8 Å². The summed E-state index contributed by atoms with van der Waals surface area (Å²) in [5.41, 5.74) is 1.82. The van der Waals surface area contributed by atoms with Gasteiger partial charge in [0.25, 0.3) is 0 Å². The van der Waals surface area contributed by atoms with Crippen LogP contribution in [0.1, 0.15) is 44.7 Å². The van der Waals surface area contributed by atoms with Gasteiger partial charge >= 0.3 is 11.9 Å². The molecule has 148 valence electrons. The third-order valence-corrected chi connectivity index (χ3v) is 3.91. The van der Waals surface area contributed by atoms with Crippen LogP contribution in [0.4, 0.5) is 0 Å². The number of ether oxygens (including phenoxy) is 2. The Labute approximate surface area is 166 Å². The summed E-state index contributed by atoms with van der Waals surface area (Å²) in [7, 11) is 1.33. The van der Waals surface area contributed by atoms with E-state index in [1.165, 1.54) is 7.11 Å². The van der Waals surface area contributed by atoms with Crippen molar-refractivity contribution in [1.82, 2.24) is 0 Å². The number of aliphatic imine (C=N–C) groups is 1. The maximum atomic E-state index is 12.8. The zero-order valence-electron chi connectivity index (χ0n) is 16.8. The lowest BCUT2D eigenvalue weighted by Crippen LogP contribution is -2.32. The number of hydrogen-bond acceptors (Lipinski definition) is 5. The molecule has 0 aliphatic carbocycles. The molecule has 0 bridgehead atoms.